The van der Waals surface area contributed by atoms with Crippen LogP contribution in [-0.4, -0.2) is 18.1 Å². The number of aryl methyl sites for hydroxylation is 1. The van der Waals surface area contributed by atoms with Crippen LogP contribution in [0.25, 0.3) is 0 Å². The lowest BCUT2D eigenvalue weighted by molar-refractivity contribution is -0.137. The molecule has 0 aliphatic carbocycles. The van der Waals surface area contributed by atoms with Gasteiger partial charge in [0.1, 0.15) is 18.2 Å². The van der Waals surface area contributed by atoms with Gasteiger partial charge in [0.2, 0.25) is 0 Å². The molecule has 0 unspecified atom stereocenters. The molecular weight excluding hydrogens is 281 g/mol. The topological polar surface area (TPSA) is 34.1 Å². The molecule has 0 radical (unpaired) electrons. The van der Waals surface area contributed by atoms with Gasteiger partial charge in [0.25, 0.3) is 0 Å². The molecule has 0 atom stereocenters. The SMILES string of the molecule is Cc1cccc(OCCNc2cc(C(F)(F)F)ccn2)c1. The summed E-state index contributed by atoms with van der Waals surface area (Å²) >= 11 is 0. The molecule has 1 aromatic heterocycles. The van der Waals surface area contributed by atoms with Crippen molar-refractivity contribution >= 4 is 5.82 Å². The smallest absolute Gasteiger partial charge is 0.416 e. The highest BCUT2D eigenvalue weighted by atomic mass is 19.4. The van der Waals surface area contributed by atoms with Gasteiger partial charge in [-0.05, 0) is 36.8 Å². The highest BCUT2D eigenvalue weighted by Gasteiger charge is 2.30. The number of hydrogen-bond acceptors (Lipinski definition) is 3. The lowest BCUT2D eigenvalue weighted by Gasteiger charge is -2.10. The first kappa shape index (κ1) is 15.2. The summed E-state index contributed by atoms with van der Waals surface area (Å²) in [6.45, 7) is 2.65. The van der Waals surface area contributed by atoms with Crippen LogP contribution in [-0.2, 0) is 6.18 Å². The van der Waals surface area contributed by atoms with Crippen LogP contribution in [0.15, 0.2) is 42.6 Å². The predicted molar refractivity (Wildman–Crippen MR) is 74.4 cm³/mol. The van der Waals surface area contributed by atoms with Crippen molar-refractivity contribution in [3.63, 3.8) is 0 Å². The summed E-state index contributed by atoms with van der Waals surface area (Å²) in [5, 5.41) is 2.81. The van der Waals surface area contributed by atoms with E-state index in [2.05, 4.69) is 10.3 Å². The minimum atomic E-state index is -4.36. The first-order chi connectivity index (χ1) is 9.95. The van der Waals surface area contributed by atoms with Crippen LogP contribution in [0.4, 0.5) is 19.0 Å². The van der Waals surface area contributed by atoms with Crippen molar-refractivity contribution in [1.29, 1.82) is 0 Å². The maximum Gasteiger partial charge on any atom is 0.416 e. The summed E-state index contributed by atoms with van der Waals surface area (Å²) in [6.07, 6.45) is -3.23. The Hall–Kier alpha value is -2.24. The molecule has 1 N–H and O–H groups in total. The molecule has 0 aliphatic heterocycles. The predicted octanol–water partition coefficient (Wildman–Crippen LogP) is 3.90. The molecule has 6 heteroatoms. The van der Waals surface area contributed by atoms with E-state index >= 15 is 0 Å². The van der Waals surface area contributed by atoms with Crippen LogP contribution in [0.1, 0.15) is 11.1 Å². The number of ether oxygens (including phenoxy) is 1. The van der Waals surface area contributed by atoms with Gasteiger partial charge in [0.05, 0.1) is 12.1 Å². The van der Waals surface area contributed by atoms with E-state index in [1.165, 1.54) is 0 Å². The Balaban J connectivity index is 1.84. The van der Waals surface area contributed by atoms with Crippen molar-refractivity contribution in [2.24, 2.45) is 0 Å². The van der Waals surface area contributed by atoms with E-state index in [1.54, 1.807) is 0 Å². The molecule has 2 rings (SSSR count). The maximum absolute atomic E-state index is 12.5. The normalized spacial score (nSPS) is 11.2. The zero-order valence-electron chi connectivity index (χ0n) is 11.4. The number of nitrogens with one attached hydrogen (secondary N) is 1. The van der Waals surface area contributed by atoms with Crippen molar-refractivity contribution in [3.8, 4) is 5.75 Å². The first-order valence-corrected chi connectivity index (χ1v) is 6.42. The quantitative estimate of drug-likeness (QED) is 0.850. The Labute approximate surface area is 120 Å². The third-order valence-corrected chi connectivity index (χ3v) is 2.75. The maximum atomic E-state index is 12.5. The number of pyridine rings is 1. The Morgan fingerprint density at radius 2 is 2.00 bits per heavy atom. The summed E-state index contributed by atoms with van der Waals surface area (Å²) < 4.78 is 43.1. The molecule has 112 valence electrons. The van der Waals surface area contributed by atoms with Gasteiger partial charge in [-0.15, -0.1) is 0 Å². The number of nitrogens with zero attached hydrogens (tertiary/aromatic N) is 1. The van der Waals surface area contributed by atoms with Crippen LogP contribution < -0.4 is 10.1 Å². The molecule has 0 saturated heterocycles. The Bertz CT molecular complexity index is 599. The van der Waals surface area contributed by atoms with E-state index in [1.807, 2.05) is 31.2 Å². The van der Waals surface area contributed by atoms with Crippen LogP contribution in [0.3, 0.4) is 0 Å². The standard InChI is InChI=1S/C15H15F3N2O/c1-11-3-2-4-13(9-11)21-8-7-20-14-10-12(5-6-19-14)15(16,17)18/h2-6,9-10H,7-8H2,1H3,(H,19,20). The lowest BCUT2D eigenvalue weighted by Crippen LogP contribution is -2.13. The van der Waals surface area contributed by atoms with E-state index in [0.29, 0.717) is 13.2 Å². The largest absolute Gasteiger partial charge is 0.492 e. The number of halogens is 3. The number of aromatic nitrogens is 1. The van der Waals surface area contributed by atoms with E-state index in [-0.39, 0.29) is 5.82 Å². The summed E-state index contributed by atoms with van der Waals surface area (Å²) in [5.74, 6) is 0.909. The zero-order valence-corrected chi connectivity index (χ0v) is 11.4. The van der Waals surface area contributed by atoms with Gasteiger partial charge in [-0.1, -0.05) is 12.1 Å². The molecule has 1 heterocycles. The van der Waals surface area contributed by atoms with Crippen molar-refractivity contribution in [3.05, 3.63) is 53.7 Å². The monoisotopic (exact) mass is 296 g/mol. The fourth-order valence-electron chi connectivity index (χ4n) is 1.76. The van der Waals surface area contributed by atoms with Gasteiger partial charge < -0.3 is 10.1 Å². The van der Waals surface area contributed by atoms with Crippen molar-refractivity contribution < 1.29 is 17.9 Å². The number of rotatable bonds is 5. The van der Waals surface area contributed by atoms with E-state index in [0.717, 1.165) is 29.6 Å². The average molecular weight is 296 g/mol. The molecule has 1 aromatic carbocycles. The average Bonchev–Trinajstić information content (AvgIpc) is 2.43. The van der Waals surface area contributed by atoms with Gasteiger partial charge in [-0.3, -0.25) is 0 Å². The number of hydrogen-bond donors (Lipinski definition) is 1. The Kier molecular flexibility index (Phi) is 4.67. The van der Waals surface area contributed by atoms with Gasteiger partial charge in [-0.2, -0.15) is 13.2 Å². The summed E-state index contributed by atoms with van der Waals surface area (Å²) in [6, 6.07) is 9.48. The fourth-order valence-corrected chi connectivity index (χ4v) is 1.76. The summed E-state index contributed by atoms with van der Waals surface area (Å²) in [5.41, 5.74) is 0.361. The summed E-state index contributed by atoms with van der Waals surface area (Å²) in [4.78, 5) is 3.84. The van der Waals surface area contributed by atoms with Gasteiger partial charge in [0, 0.05) is 6.20 Å². The lowest BCUT2D eigenvalue weighted by atomic mass is 10.2. The molecule has 0 spiro atoms. The third kappa shape index (κ3) is 4.66. The Morgan fingerprint density at radius 3 is 2.71 bits per heavy atom. The van der Waals surface area contributed by atoms with E-state index in [9.17, 15) is 13.2 Å². The van der Waals surface area contributed by atoms with Crippen molar-refractivity contribution in [2.75, 3.05) is 18.5 Å². The van der Waals surface area contributed by atoms with Crippen molar-refractivity contribution in [2.45, 2.75) is 13.1 Å². The van der Waals surface area contributed by atoms with E-state index < -0.39 is 11.7 Å². The second kappa shape index (κ2) is 6.47. The number of anilines is 1. The molecule has 3 nitrogen and oxygen atoms in total. The molecule has 0 saturated carbocycles. The van der Waals surface area contributed by atoms with E-state index in [4.69, 9.17) is 4.74 Å². The number of benzene rings is 1. The number of alkyl halides is 3. The highest BCUT2D eigenvalue weighted by Crippen LogP contribution is 2.29. The molecule has 0 fully saturated rings. The van der Waals surface area contributed by atoms with Crippen LogP contribution in [0.5, 0.6) is 5.75 Å². The molecular formula is C15H15F3N2O. The fraction of sp³-hybridized carbons (Fsp3) is 0.267. The Morgan fingerprint density at radius 1 is 1.19 bits per heavy atom. The highest BCUT2D eigenvalue weighted by molar-refractivity contribution is 5.38. The van der Waals surface area contributed by atoms with Crippen LogP contribution in [0, 0.1) is 6.92 Å². The molecule has 0 amide bonds. The third-order valence-electron chi connectivity index (χ3n) is 2.75. The molecule has 2 aromatic rings. The van der Waals surface area contributed by atoms with Crippen LogP contribution >= 0.6 is 0 Å². The molecule has 0 aliphatic rings. The first-order valence-electron chi connectivity index (χ1n) is 6.42. The second-order valence-electron chi connectivity index (χ2n) is 4.52. The minimum Gasteiger partial charge on any atom is -0.492 e. The molecule has 21 heavy (non-hydrogen) atoms. The van der Waals surface area contributed by atoms with Gasteiger partial charge >= 0.3 is 6.18 Å². The second-order valence-corrected chi connectivity index (χ2v) is 4.52. The van der Waals surface area contributed by atoms with Gasteiger partial charge in [-0.25, -0.2) is 4.98 Å². The zero-order chi connectivity index (χ0) is 15.3. The van der Waals surface area contributed by atoms with Gasteiger partial charge in [0.15, 0.2) is 0 Å². The van der Waals surface area contributed by atoms with Crippen molar-refractivity contribution in [1.82, 2.24) is 4.98 Å². The molecule has 0 bridgehead atoms. The minimum absolute atomic E-state index is 0.178. The summed E-state index contributed by atoms with van der Waals surface area (Å²) in [7, 11) is 0. The van der Waals surface area contributed by atoms with Crippen LogP contribution in [0.2, 0.25) is 0 Å².